The molecule has 3 aromatic heterocycles. The molecule has 184 valence electrons. The lowest BCUT2D eigenvalue weighted by Gasteiger charge is -2.38. The number of H-pyrrole nitrogens is 1. The van der Waals surface area contributed by atoms with Crippen molar-refractivity contribution in [1.82, 2.24) is 29.6 Å². The zero-order valence-corrected chi connectivity index (χ0v) is 19.6. The molecule has 0 unspecified atom stereocenters. The van der Waals surface area contributed by atoms with Gasteiger partial charge in [-0.25, -0.2) is 13.8 Å². The Hall–Kier alpha value is -4.28. The van der Waals surface area contributed by atoms with Crippen LogP contribution in [0.3, 0.4) is 0 Å². The Labute approximate surface area is 205 Å². The number of anilines is 3. The smallest absolute Gasteiger partial charge is 0.282 e. The maximum absolute atomic E-state index is 13.2. The molecule has 4 aromatic rings. The quantitative estimate of drug-likeness (QED) is 0.444. The second-order valence-electron chi connectivity index (χ2n) is 9.18. The van der Waals surface area contributed by atoms with E-state index in [-0.39, 0.29) is 5.91 Å². The highest BCUT2D eigenvalue weighted by molar-refractivity contribution is 5.94. The maximum atomic E-state index is 13.2. The number of fused-ring (bicyclic) bond motifs is 1. The molecule has 1 aromatic carbocycles. The Bertz CT molecular complexity index is 1410. The summed E-state index contributed by atoms with van der Waals surface area (Å²) in [7, 11) is 1.81. The van der Waals surface area contributed by atoms with E-state index in [9.17, 15) is 13.6 Å². The first kappa shape index (κ1) is 22.2. The van der Waals surface area contributed by atoms with Gasteiger partial charge in [-0.2, -0.15) is 10.1 Å². The summed E-state index contributed by atoms with van der Waals surface area (Å²) in [4.78, 5) is 25.1. The molecule has 11 heteroatoms. The average Bonchev–Trinajstić information content (AvgIpc) is 3.51. The van der Waals surface area contributed by atoms with Gasteiger partial charge in [0.25, 0.3) is 11.8 Å². The minimum absolute atomic E-state index is 0.356. The molecule has 0 aliphatic carbocycles. The molecule has 0 saturated carbocycles. The van der Waals surface area contributed by atoms with Gasteiger partial charge in [0.2, 0.25) is 5.95 Å². The Balaban J connectivity index is 1.16. The predicted molar refractivity (Wildman–Crippen MR) is 130 cm³/mol. The first-order valence-corrected chi connectivity index (χ1v) is 11.7. The number of nitrogens with zero attached hydrogens (tertiary/aromatic N) is 6. The normalized spacial score (nSPS) is 16.4. The van der Waals surface area contributed by atoms with Crippen LogP contribution in [0.1, 0.15) is 21.7 Å². The van der Waals surface area contributed by atoms with E-state index < -0.39 is 19.0 Å². The number of hydrogen-bond donors (Lipinski definition) is 2. The summed E-state index contributed by atoms with van der Waals surface area (Å²) < 4.78 is 28.3. The molecule has 2 aliphatic rings. The van der Waals surface area contributed by atoms with E-state index in [1.165, 1.54) is 4.90 Å². The van der Waals surface area contributed by atoms with Crippen LogP contribution in [0.2, 0.25) is 0 Å². The molecule has 1 amide bonds. The second kappa shape index (κ2) is 8.43. The number of hydrogen-bond acceptors (Lipinski definition) is 6. The second-order valence-corrected chi connectivity index (χ2v) is 9.18. The lowest BCUT2D eigenvalue weighted by molar-refractivity contribution is -0.113. The van der Waals surface area contributed by atoms with Crippen LogP contribution in [0.25, 0.3) is 11.1 Å². The van der Waals surface area contributed by atoms with E-state index in [1.807, 2.05) is 47.2 Å². The van der Waals surface area contributed by atoms with Gasteiger partial charge in [0.15, 0.2) is 0 Å². The minimum Gasteiger partial charge on any atom is -0.342 e. The number of aromatic amines is 1. The van der Waals surface area contributed by atoms with Gasteiger partial charge in [0.1, 0.15) is 11.5 Å². The molecule has 0 atom stereocenters. The summed E-state index contributed by atoms with van der Waals surface area (Å²) in [5.74, 6) is -1.89. The number of carbonyl (C=O) groups excluding carboxylic acids is 1. The number of aromatic nitrogens is 5. The highest BCUT2D eigenvalue weighted by Gasteiger charge is 2.47. The standard InChI is InChI=1S/C25H24F2N8O/c1-33-20(23(36)35-14-25(26,27)15-35)10-17-7-9-34(13-21(17)33)24-28-8-6-22(32-24)31-19-4-2-16(3-5-19)18-11-29-30-12-18/h2-6,8,10-12H,7,9,13-15H2,1H3,(H,29,30)(H,28,31,32). The number of carbonyl (C=O) groups is 1. The van der Waals surface area contributed by atoms with E-state index in [0.717, 1.165) is 28.1 Å². The van der Waals surface area contributed by atoms with Gasteiger partial charge in [-0.3, -0.25) is 9.89 Å². The zero-order chi connectivity index (χ0) is 24.9. The molecule has 2 N–H and O–H groups in total. The molecule has 0 bridgehead atoms. The van der Waals surface area contributed by atoms with E-state index in [4.69, 9.17) is 4.98 Å². The third-order valence-electron chi connectivity index (χ3n) is 6.70. The first-order valence-electron chi connectivity index (χ1n) is 11.7. The molecule has 6 rings (SSSR count). The van der Waals surface area contributed by atoms with Crippen molar-refractivity contribution >= 4 is 23.4 Å². The number of likely N-dealkylation sites (tertiary alicyclic amines) is 1. The number of benzene rings is 1. The van der Waals surface area contributed by atoms with Gasteiger partial charge < -0.3 is 19.7 Å². The molecule has 1 saturated heterocycles. The van der Waals surface area contributed by atoms with Crippen LogP contribution in [-0.2, 0) is 20.0 Å². The SMILES string of the molecule is Cn1c(C(=O)N2CC(F)(F)C2)cc2c1CN(c1nccc(Nc3ccc(-c4cn[nH]c4)cc3)n1)CC2. The number of halogens is 2. The molecule has 0 radical (unpaired) electrons. The summed E-state index contributed by atoms with van der Waals surface area (Å²) in [5.41, 5.74) is 5.43. The summed E-state index contributed by atoms with van der Waals surface area (Å²) >= 11 is 0. The van der Waals surface area contributed by atoms with Crippen molar-refractivity contribution in [2.24, 2.45) is 7.05 Å². The monoisotopic (exact) mass is 490 g/mol. The van der Waals surface area contributed by atoms with Crippen LogP contribution in [0, 0.1) is 0 Å². The van der Waals surface area contributed by atoms with Crippen molar-refractivity contribution in [3.63, 3.8) is 0 Å². The van der Waals surface area contributed by atoms with Gasteiger partial charge in [-0.1, -0.05) is 12.1 Å². The van der Waals surface area contributed by atoms with Crippen LogP contribution < -0.4 is 10.2 Å². The highest BCUT2D eigenvalue weighted by atomic mass is 19.3. The van der Waals surface area contributed by atoms with Crippen molar-refractivity contribution in [3.05, 3.63) is 71.9 Å². The Morgan fingerprint density at radius 1 is 1.14 bits per heavy atom. The molecule has 36 heavy (non-hydrogen) atoms. The zero-order valence-electron chi connectivity index (χ0n) is 19.6. The Morgan fingerprint density at radius 2 is 1.94 bits per heavy atom. The molecule has 5 heterocycles. The maximum Gasteiger partial charge on any atom is 0.282 e. The van der Waals surface area contributed by atoms with Gasteiger partial charge in [0, 0.05) is 42.9 Å². The van der Waals surface area contributed by atoms with Gasteiger partial charge in [-0.05, 0) is 41.8 Å². The van der Waals surface area contributed by atoms with Crippen LogP contribution in [0.4, 0.5) is 26.2 Å². The lowest BCUT2D eigenvalue weighted by Crippen LogP contribution is -2.58. The Kier molecular flexibility index (Phi) is 5.20. The van der Waals surface area contributed by atoms with Crippen molar-refractivity contribution in [2.45, 2.75) is 18.9 Å². The van der Waals surface area contributed by atoms with E-state index in [2.05, 4.69) is 25.4 Å². The Morgan fingerprint density at radius 3 is 2.67 bits per heavy atom. The number of rotatable bonds is 5. The average molecular weight is 491 g/mol. The van der Waals surface area contributed by atoms with E-state index in [0.29, 0.717) is 37.0 Å². The third kappa shape index (κ3) is 4.06. The van der Waals surface area contributed by atoms with Crippen molar-refractivity contribution in [2.75, 3.05) is 29.9 Å². The van der Waals surface area contributed by atoms with Gasteiger partial charge in [0.05, 0.1) is 25.8 Å². The fourth-order valence-electron chi connectivity index (χ4n) is 4.71. The van der Waals surface area contributed by atoms with Crippen LogP contribution in [0.5, 0.6) is 0 Å². The van der Waals surface area contributed by atoms with Crippen molar-refractivity contribution < 1.29 is 13.6 Å². The molecular weight excluding hydrogens is 466 g/mol. The first-order chi connectivity index (χ1) is 17.4. The molecule has 9 nitrogen and oxygen atoms in total. The fourth-order valence-corrected chi connectivity index (χ4v) is 4.71. The predicted octanol–water partition coefficient (Wildman–Crippen LogP) is 3.60. The number of alkyl halides is 2. The summed E-state index contributed by atoms with van der Waals surface area (Å²) in [5, 5.41) is 10.1. The fraction of sp³-hybridized carbons (Fsp3) is 0.280. The van der Waals surface area contributed by atoms with Gasteiger partial charge in [-0.15, -0.1) is 0 Å². The van der Waals surface area contributed by atoms with E-state index >= 15 is 0 Å². The summed E-state index contributed by atoms with van der Waals surface area (Å²) in [6, 6.07) is 11.6. The molecule has 1 fully saturated rings. The van der Waals surface area contributed by atoms with Crippen LogP contribution in [0.15, 0.2) is 55.0 Å². The topological polar surface area (TPSA) is 95.0 Å². The molecular formula is C25H24F2N8O. The largest absolute Gasteiger partial charge is 0.342 e. The minimum atomic E-state index is -2.78. The van der Waals surface area contributed by atoms with Crippen molar-refractivity contribution in [3.8, 4) is 11.1 Å². The highest BCUT2D eigenvalue weighted by Crippen LogP contribution is 2.31. The molecule has 0 spiro atoms. The number of nitrogens with one attached hydrogen (secondary N) is 2. The molecule has 2 aliphatic heterocycles. The van der Waals surface area contributed by atoms with E-state index in [1.54, 1.807) is 19.4 Å². The lowest BCUT2D eigenvalue weighted by atomic mass is 10.1. The van der Waals surface area contributed by atoms with Crippen molar-refractivity contribution in [1.29, 1.82) is 0 Å². The third-order valence-corrected chi connectivity index (χ3v) is 6.70. The summed E-state index contributed by atoms with van der Waals surface area (Å²) in [6.45, 7) is 0.175. The summed E-state index contributed by atoms with van der Waals surface area (Å²) in [6.07, 6.45) is 6.05. The van der Waals surface area contributed by atoms with Crippen LogP contribution in [-0.4, -0.2) is 61.1 Å². The van der Waals surface area contributed by atoms with Gasteiger partial charge >= 0.3 is 0 Å². The number of amides is 1. The van der Waals surface area contributed by atoms with Crippen LogP contribution >= 0.6 is 0 Å².